The lowest BCUT2D eigenvalue weighted by Crippen LogP contribution is -2.41. The maximum absolute atomic E-state index is 12.5. The summed E-state index contributed by atoms with van der Waals surface area (Å²) >= 11 is 0. The molecule has 1 heterocycles. The lowest BCUT2D eigenvalue weighted by molar-refractivity contribution is -0.161. The molecular weight excluding hydrogens is 204 g/mol. The van der Waals surface area contributed by atoms with E-state index in [0.717, 1.165) is 7.11 Å². The van der Waals surface area contributed by atoms with Crippen molar-refractivity contribution < 1.29 is 18.3 Å². The van der Waals surface area contributed by atoms with Crippen molar-refractivity contribution in [1.29, 1.82) is 0 Å². The van der Waals surface area contributed by atoms with Crippen LogP contribution >= 0.6 is 12.4 Å². The highest BCUT2D eigenvalue weighted by molar-refractivity contribution is 5.85. The first-order valence-corrected chi connectivity index (χ1v) is 3.71. The first-order valence-electron chi connectivity index (χ1n) is 3.71. The van der Waals surface area contributed by atoms with E-state index in [9.17, 15) is 13.6 Å². The summed E-state index contributed by atoms with van der Waals surface area (Å²) in [6.07, 6.45) is -2.50. The number of esters is 1. The first-order chi connectivity index (χ1) is 5.63. The molecule has 1 unspecified atom stereocenters. The maximum Gasteiger partial charge on any atom is 0.319 e. The molecule has 0 bridgehead atoms. The SMILES string of the molecule is COC(=O)C1(C(F)F)CCNC1.Cl. The molecule has 1 rings (SSSR count). The fourth-order valence-electron chi connectivity index (χ4n) is 1.36. The molecule has 0 saturated carbocycles. The number of halogens is 3. The Hall–Kier alpha value is -0.420. The minimum Gasteiger partial charge on any atom is -0.468 e. The lowest BCUT2D eigenvalue weighted by atomic mass is 9.88. The van der Waals surface area contributed by atoms with Crippen molar-refractivity contribution in [2.75, 3.05) is 20.2 Å². The fraction of sp³-hybridized carbons (Fsp3) is 0.857. The fourth-order valence-corrected chi connectivity index (χ4v) is 1.36. The molecule has 1 N–H and O–H groups in total. The van der Waals surface area contributed by atoms with Gasteiger partial charge in [0.15, 0.2) is 0 Å². The van der Waals surface area contributed by atoms with E-state index in [0.29, 0.717) is 6.54 Å². The number of rotatable bonds is 2. The number of carbonyl (C=O) groups is 1. The van der Waals surface area contributed by atoms with Gasteiger partial charge in [-0.3, -0.25) is 4.79 Å². The van der Waals surface area contributed by atoms with Crippen LogP contribution in [0.1, 0.15) is 6.42 Å². The second-order valence-corrected chi connectivity index (χ2v) is 2.88. The van der Waals surface area contributed by atoms with Crippen molar-refractivity contribution in [3.63, 3.8) is 0 Å². The third-order valence-corrected chi connectivity index (χ3v) is 2.20. The van der Waals surface area contributed by atoms with Gasteiger partial charge < -0.3 is 10.1 Å². The standard InChI is InChI=1S/C7H11F2NO2.ClH/c1-12-6(11)7(5(8)9)2-3-10-4-7;/h5,10H,2-4H2,1H3;1H. The molecular formula is C7H12ClF2NO2. The number of ether oxygens (including phenoxy) is 1. The predicted molar refractivity (Wildman–Crippen MR) is 45.2 cm³/mol. The number of alkyl halides is 2. The zero-order chi connectivity index (χ0) is 9.19. The number of carbonyl (C=O) groups excluding carboxylic acids is 1. The van der Waals surface area contributed by atoms with Crippen LogP contribution in [0.5, 0.6) is 0 Å². The zero-order valence-electron chi connectivity index (χ0n) is 7.18. The number of hydrogen-bond acceptors (Lipinski definition) is 3. The van der Waals surface area contributed by atoms with Crippen molar-refractivity contribution in [3.8, 4) is 0 Å². The van der Waals surface area contributed by atoms with Gasteiger partial charge in [-0.05, 0) is 13.0 Å². The average molecular weight is 216 g/mol. The van der Waals surface area contributed by atoms with Crippen LogP contribution in [0.4, 0.5) is 8.78 Å². The minimum absolute atomic E-state index is 0. The molecule has 78 valence electrons. The van der Waals surface area contributed by atoms with E-state index in [4.69, 9.17) is 0 Å². The molecule has 6 heteroatoms. The Morgan fingerprint density at radius 3 is 2.54 bits per heavy atom. The molecule has 0 aromatic rings. The first kappa shape index (κ1) is 12.6. The highest BCUT2D eigenvalue weighted by Crippen LogP contribution is 2.33. The lowest BCUT2D eigenvalue weighted by Gasteiger charge is -2.23. The van der Waals surface area contributed by atoms with Crippen LogP contribution < -0.4 is 5.32 Å². The topological polar surface area (TPSA) is 38.3 Å². The van der Waals surface area contributed by atoms with Crippen molar-refractivity contribution in [3.05, 3.63) is 0 Å². The predicted octanol–water partition coefficient (Wildman–Crippen LogP) is 0.826. The van der Waals surface area contributed by atoms with E-state index in [2.05, 4.69) is 10.1 Å². The van der Waals surface area contributed by atoms with Crippen LogP contribution in [0.3, 0.4) is 0 Å². The van der Waals surface area contributed by atoms with Crippen molar-refractivity contribution >= 4 is 18.4 Å². The second kappa shape index (κ2) is 4.72. The summed E-state index contributed by atoms with van der Waals surface area (Å²) in [5.74, 6) is -0.817. The minimum atomic E-state index is -2.65. The van der Waals surface area contributed by atoms with Crippen LogP contribution in [0, 0.1) is 5.41 Å². The maximum atomic E-state index is 12.5. The summed E-state index contributed by atoms with van der Waals surface area (Å²) in [5, 5.41) is 2.73. The highest BCUT2D eigenvalue weighted by Gasteiger charge is 2.50. The van der Waals surface area contributed by atoms with E-state index in [1.54, 1.807) is 0 Å². The van der Waals surface area contributed by atoms with Crippen LogP contribution in [0.2, 0.25) is 0 Å². The largest absolute Gasteiger partial charge is 0.468 e. The molecule has 0 radical (unpaired) electrons. The average Bonchev–Trinajstić information content (AvgIpc) is 2.52. The molecule has 3 nitrogen and oxygen atoms in total. The Balaban J connectivity index is 0.00000144. The van der Waals surface area contributed by atoms with Gasteiger partial charge in [0.05, 0.1) is 7.11 Å². The van der Waals surface area contributed by atoms with Crippen molar-refractivity contribution in [1.82, 2.24) is 5.32 Å². The van der Waals surface area contributed by atoms with Crippen LogP contribution in [0.15, 0.2) is 0 Å². The number of hydrogen-bond donors (Lipinski definition) is 1. The van der Waals surface area contributed by atoms with Gasteiger partial charge in [0.2, 0.25) is 0 Å². The third-order valence-electron chi connectivity index (χ3n) is 2.20. The second-order valence-electron chi connectivity index (χ2n) is 2.88. The van der Waals surface area contributed by atoms with Gasteiger partial charge in [-0.15, -0.1) is 12.4 Å². The molecule has 0 amide bonds. The van der Waals surface area contributed by atoms with Crippen molar-refractivity contribution in [2.24, 2.45) is 5.41 Å². The molecule has 1 fully saturated rings. The van der Waals surface area contributed by atoms with Gasteiger partial charge in [0.1, 0.15) is 5.41 Å². The van der Waals surface area contributed by atoms with Crippen molar-refractivity contribution in [2.45, 2.75) is 12.8 Å². The number of nitrogens with one attached hydrogen (secondary N) is 1. The Bertz CT molecular complexity index is 183. The van der Waals surface area contributed by atoms with Gasteiger partial charge in [0, 0.05) is 6.54 Å². The smallest absolute Gasteiger partial charge is 0.319 e. The van der Waals surface area contributed by atoms with E-state index in [-0.39, 0.29) is 25.4 Å². The summed E-state index contributed by atoms with van der Waals surface area (Å²) in [7, 11) is 1.13. The molecule has 0 aliphatic carbocycles. The molecule has 1 aliphatic heterocycles. The third kappa shape index (κ3) is 2.08. The molecule has 0 spiro atoms. The van der Waals surface area contributed by atoms with Gasteiger partial charge >= 0.3 is 5.97 Å². The van der Waals surface area contributed by atoms with Crippen LogP contribution in [0.25, 0.3) is 0 Å². The van der Waals surface area contributed by atoms with Gasteiger partial charge in [-0.25, -0.2) is 8.78 Å². The summed E-state index contributed by atoms with van der Waals surface area (Å²) in [6, 6.07) is 0. The van der Waals surface area contributed by atoms with Gasteiger partial charge in [-0.2, -0.15) is 0 Å². The molecule has 1 saturated heterocycles. The van der Waals surface area contributed by atoms with Gasteiger partial charge in [-0.1, -0.05) is 0 Å². The Morgan fingerprint density at radius 2 is 2.23 bits per heavy atom. The molecule has 1 atom stereocenters. The Labute approximate surface area is 81.2 Å². The van der Waals surface area contributed by atoms with E-state index < -0.39 is 17.8 Å². The Morgan fingerprint density at radius 1 is 1.62 bits per heavy atom. The monoisotopic (exact) mass is 215 g/mol. The highest BCUT2D eigenvalue weighted by atomic mass is 35.5. The summed E-state index contributed by atoms with van der Waals surface area (Å²) in [6.45, 7) is 0.455. The van der Waals surface area contributed by atoms with E-state index >= 15 is 0 Å². The normalized spacial score (nSPS) is 27.1. The molecule has 0 aromatic carbocycles. The summed E-state index contributed by atoms with van der Waals surface area (Å²) < 4.78 is 29.3. The van der Waals surface area contributed by atoms with E-state index in [1.165, 1.54) is 0 Å². The van der Waals surface area contributed by atoms with Crippen LogP contribution in [-0.2, 0) is 9.53 Å². The Kier molecular flexibility index (Phi) is 4.56. The summed E-state index contributed by atoms with van der Waals surface area (Å²) in [4.78, 5) is 11.0. The molecule has 1 aliphatic rings. The molecule has 0 aromatic heterocycles. The quantitative estimate of drug-likeness (QED) is 0.694. The van der Waals surface area contributed by atoms with Crippen LogP contribution in [-0.4, -0.2) is 32.6 Å². The number of methoxy groups -OCH3 is 1. The zero-order valence-corrected chi connectivity index (χ0v) is 8.00. The van der Waals surface area contributed by atoms with E-state index in [1.807, 2.05) is 0 Å². The molecule has 13 heavy (non-hydrogen) atoms. The van der Waals surface area contributed by atoms with Gasteiger partial charge in [0.25, 0.3) is 6.43 Å². The summed E-state index contributed by atoms with van der Waals surface area (Å²) in [5.41, 5.74) is -1.60.